The molecule has 2 rings (SSSR count). The van der Waals surface area contributed by atoms with Gasteiger partial charge in [0.25, 0.3) is 0 Å². The van der Waals surface area contributed by atoms with Crippen LogP contribution in [0.2, 0.25) is 0 Å². The minimum Gasteiger partial charge on any atom is -0.497 e. The number of nitrogens with two attached hydrogens (primary N) is 1. The van der Waals surface area contributed by atoms with Gasteiger partial charge < -0.3 is 15.2 Å². The summed E-state index contributed by atoms with van der Waals surface area (Å²) >= 11 is 3.40. The maximum Gasteiger partial charge on any atom is 0.197 e. The molecule has 4 nitrogen and oxygen atoms in total. The van der Waals surface area contributed by atoms with Crippen molar-refractivity contribution in [2.45, 2.75) is 6.92 Å². The summed E-state index contributed by atoms with van der Waals surface area (Å²) < 4.78 is 11.1. The highest BCUT2D eigenvalue weighted by Gasteiger charge is 2.20. The zero-order valence-electron chi connectivity index (χ0n) is 12.1. The molecule has 5 heteroatoms. The van der Waals surface area contributed by atoms with Crippen LogP contribution in [0.5, 0.6) is 11.5 Å². The maximum absolute atomic E-state index is 12.7. The number of rotatable bonds is 4. The number of carbonyl (C=O) groups is 1. The number of anilines is 1. The zero-order chi connectivity index (χ0) is 15.6. The molecule has 110 valence electrons. The molecule has 0 amide bonds. The SMILES string of the molecule is COc1cc(Br)c(C(=O)c2ccc(C)c(N)c2)c(OC)c1. The van der Waals surface area contributed by atoms with Gasteiger partial charge in [-0.1, -0.05) is 12.1 Å². The number of hydrogen-bond acceptors (Lipinski definition) is 4. The fraction of sp³-hybridized carbons (Fsp3) is 0.188. The van der Waals surface area contributed by atoms with Crippen LogP contribution < -0.4 is 15.2 Å². The molecule has 0 bridgehead atoms. The molecule has 0 aliphatic carbocycles. The minimum atomic E-state index is -0.159. The van der Waals surface area contributed by atoms with Crippen molar-refractivity contribution in [2.24, 2.45) is 0 Å². The Hall–Kier alpha value is -2.01. The average molecular weight is 350 g/mol. The van der Waals surface area contributed by atoms with Crippen molar-refractivity contribution in [3.05, 3.63) is 51.5 Å². The summed E-state index contributed by atoms with van der Waals surface area (Å²) in [6.45, 7) is 1.90. The van der Waals surface area contributed by atoms with Gasteiger partial charge in [-0.3, -0.25) is 4.79 Å². The van der Waals surface area contributed by atoms with Gasteiger partial charge in [0.15, 0.2) is 5.78 Å². The van der Waals surface area contributed by atoms with Gasteiger partial charge in [-0.05, 0) is 40.5 Å². The van der Waals surface area contributed by atoms with E-state index in [2.05, 4.69) is 15.9 Å². The monoisotopic (exact) mass is 349 g/mol. The lowest BCUT2D eigenvalue weighted by molar-refractivity contribution is 0.103. The summed E-state index contributed by atoms with van der Waals surface area (Å²) in [4.78, 5) is 12.7. The van der Waals surface area contributed by atoms with Crippen LogP contribution >= 0.6 is 15.9 Å². The van der Waals surface area contributed by atoms with Crippen LogP contribution in [0.15, 0.2) is 34.8 Å². The Kier molecular flexibility index (Phi) is 4.53. The first-order valence-electron chi connectivity index (χ1n) is 6.30. The summed E-state index contributed by atoms with van der Waals surface area (Å²) in [5.74, 6) is 0.900. The minimum absolute atomic E-state index is 0.159. The van der Waals surface area contributed by atoms with E-state index in [1.165, 1.54) is 7.11 Å². The third-order valence-electron chi connectivity index (χ3n) is 3.25. The molecule has 2 aromatic rings. The van der Waals surface area contributed by atoms with Gasteiger partial charge in [0.2, 0.25) is 0 Å². The summed E-state index contributed by atoms with van der Waals surface area (Å²) in [5.41, 5.74) is 8.36. The van der Waals surface area contributed by atoms with Gasteiger partial charge in [-0.15, -0.1) is 0 Å². The van der Waals surface area contributed by atoms with E-state index in [1.54, 1.807) is 31.4 Å². The van der Waals surface area contributed by atoms with Crippen molar-refractivity contribution in [3.8, 4) is 11.5 Å². The van der Waals surface area contributed by atoms with Crippen molar-refractivity contribution in [1.29, 1.82) is 0 Å². The molecule has 2 aromatic carbocycles. The molecule has 0 aromatic heterocycles. The number of carbonyl (C=O) groups excluding carboxylic acids is 1. The fourth-order valence-corrected chi connectivity index (χ4v) is 2.58. The van der Waals surface area contributed by atoms with Gasteiger partial charge in [-0.2, -0.15) is 0 Å². The Morgan fingerprint density at radius 3 is 2.43 bits per heavy atom. The highest BCUT2D eigenvalue weighted by molar-refractivity contribution is 9.10. The Morgan fingerprint density at radius 2 is 1.86 bits per heavy atom. The van der Waals surface area contributed by atoms with E-state index in [-0.39, 0.29) is 5.78 Å². The molecule has 0 fully saturated rings. The highest BCUT2D eigenvalue weighted by atomic mass is 79.9. The fourth-order valence-electron chi connectivity index (χ4n) is 1.98. The van der Waals surface area contributed by atoms with Crippen LogP contribution in [-0.2, 0) is 0 Å². The van der Waals surface area contributed by atoms with Crippen molar-refractivity contribution >= 4 is 27.4 Å². The number of ether oxygens (including phenoxy) is 2. The van der Waals surface area contributed by atoms with Crippen LogP contribution in [0, 0.1) is 6.92 Å². The Balaban J connectivity index is 2.54. The summed E-state index contributed by atoms with van der Waals surface area (Å²) in [7, 11) is 3.07. The van der Waals surface area contributed by atoms with Crippen molar-refractivity contribution in [3.63, 3.8) is 0 Å². The number of methoxy groups -OCH3 is 2. The van der Waals surface area contributed by atoms with Gasteiger partial charge in [0.1, 0.15) is 11.5 Å². The second-order valence-electron chi connectivity index (χ2n) is 4.59. The summed E-state index contributed by atoms with van der Waals surface area (Å²) in [6.07, 6.45) is 0. The van der Waals surface area contributed by atoms with E-state index >= 15 is 0 Å². The number of halogens is 1. The molecule has 0 heterocycles. The second-order valence-corrected chi connectivity index (χ2v) is 5.44. The number of hydrogen-bond donors (Lipinski definition) is 1. The lowest BCUT2D eigenvalue weighted by atomic mass is 10.00. The largest absolute Gasteiger partial charge is 0.497 e. The quantitative estimate of drug-likeness (QED) is 0.676. The van der Waals surface area contributed by atoms with Crippen LogP contribution in [-0.4, -0.2) is 20.0 Å². The van der Waals surface area contributed by atoms with Crippen LogP contribution in [0.3, 0.4) is 0 Å². The molecule has 0 atom stereocenters. The molecular formula is C16H16BrNO3. The van der Waals surface area contributed by atoms with Gasteiger partial charge >= 0.3 is 0 Å². The van der Waals surface area contributed by atoms with E-state index in [0.717, 1.165) is 5.56 Å². The molecule has 0 spiro atoms. The molecule has 0 aliphatic rings. The Morgan fingerprint density at radius 1 is 1.14 bits per heavy atom. The first kappa shape index (κ1) is 15.4. The zero-order valence-corrected chi connectivity index (χ0v) is 13.7. The van der Waals surface area contributed by atoms with E-state index in [1.807, 2.05) is 13.0 Å². The number of benzene rings is 2. The third kappa shape index (κ3) is 3.03. The number of nitrogen functional groups attached to an aromatic ring is 1. The number of ketones is 1. The molecular weight excluding hydrogens is 334 g/mol. The predicted octanol–water partition coefficient (Wildman–Crippen LogP) is 3.59. The van der Waals surface area contributed by atoms with E-state index in [4.69, 9.17) is 15.2 Å². The highest BCUT2D eigenvalue weighted by Crippen LogP contribution is 2.34. The third-order valence-corrected chi connectivity index (χ3v) is 3.88. The lowest BCUT2D eigenvalue weighted by Gasteiger charge is -2.12. The normalized spacial score (nSPS) is 10.3. The van der Waals surface area contributed by atoms with Crippen molar-refractivity contribution in [2.75, 3.05) is 20.0 Å². The van der Waals surface area contributed by atoms with E-state index < -0.39 is 0 Å². The molecule has 0 radical (unpaired) electrons. The smallest absolute Gasteiger partial charge is 0.197 e. The molecule has 21 heavy (non-hydrogen) atoms. The first-order chi connectivity index (χ1) is 9.97. The Bertz CT molecular complexity index is 698. The first-order valence-corrected chi connectivity index (χ1v) is 7.09. The van der Waals surface area contributed by atoms with Crippen LogP contribution in [0.25, 0.3) is 0 Å². The van der Waals surface area contributed by atoms with Gasteiger partial charge in [-0.25, -0.2) is 0 Å². The standard InChI is InChI=1S/C16H16BrNO3/c1-9-4-5-10(6-13(9)18)16(19)15-12(17)7-11(20-2)8-14(15)21-3/h4-8H,18H2,1-3H3. The molecule has 2 N–H and O–H groups in total. The summed E-state index contributed by atoms with van der Waals surface area (Å²) in [5, 5.41) is 0. The average Bonchev–Trinajstić information content (AvgIpc) is 2.48. The second kappa shape index (κ2) is 6.18. The molecule has 0 saturated heterocycles. The summed E-state index contributed by atoms with van der Waals surface area (Å²) in [6, 6.07) is 8.66. The molecule has 0 saturated carbocycles. The van der Waals surface area contributed by atoms with E-state index in [0.29, 0.717) is 32.8 Å². The Labute approximate surface area is 132 Å². The van der Waals surface area contributed by atoms with Crippen molar-refractivity contribution < 1.29 is 14.3 Å². The van der Waals surface area contributed by atoms with Crippen LogP contribution in [0.4, 0.5) is 5.69 Å². The van der Waals surface area contributed by atoms with Crippen LogP contribution in [0.1, 0.15) is 21.5 Å². The van der Waals surface area contributed by atoms with E-state index in [9.17, 15) is 4.79 Å². The molecule has 0 aliphatic heterocycles. The van der Waals surface area contributed by atoms with Crippen molar-refractivity contribution in [1.82, 2.24) is 0 Å². The van der Waals surface area contributed by atoms with Gasteiger partial charge in [0.05, 0.1) is 19.8 Å². The predicted molar refractivity (Wildman–Crippen MR) is 86.3 cm³/mol. The molecule has 0 unspecified atom stereocenters. The lowest BCUT2D eigenvalue weighted by Crippen LogP contribution is -2.06. The van der Waals surface area contributed by atoms with Gasteiger partial charge in [0, 0.05) is 21.8 Å². The maximum atomic E-state index is 12.7. The number of aryl methyl sites for hydroxylation is 1. The topological polar surface area (TPSA) is 61.5 Å².